The maximum atomic E-state index is 11.4. The summed E-state index contributed by atoms with van der Waals surface area (Å²) >= 11 is 0. The Bertz CT molecular complexity index is 862. The number of hydrogen-bond acceptors (Lipinski definition) is 6. The lowest BCUT2D eigenvalue weighted by atomic mass is 10.0. The topological polar surface area (TPSA) is 78.9 Å². The minimum atomic E-state index is -0.0227. The highest BCUT2D eigenvalue weighted by Crippen LogP contribution is 2.16. The Morgan fingerprint density at radius 3 is 1.13 bits per heavy atom. The third kappa shape index (κ3) is 36.3. The maximum Gasteiger partial charge on any atom is 0.305 e. The highest BCUT2D eigenvalue weighted by Gasteiger charge is 2.07. The van der Waals surface area contributed by atoms with E-state index < -0.39 is 0 Å². The molecule has 0 aromatic carbocycles. The number of carbonyl (C=O) groups is 3. The van der Waals surface area contributed by atoms with E-state index in [1.807, 2.05) is 0 Å². The van der Waals surface area contributed by atoms with Gasteiger partial charge in [-0.3, -0.25) is 14.4 Å². The van der Waals surface area contributed by atoms with Crippen LogP contribution in [-0.2, 0) is 28.6 Å². The summed E-state index contributed by atoms with van der Waals surface area (Å²) in [5.74, 6) is 0.632. The molecule has 1 unspecified atom stereocenters. The van der Waals surface area contributed by atoms with Crippen molar-refractivity contribution in [2.75, 3.05) is 19.8 Å². The van der Waals surface area contributed by atoms with Gasteiger partial charge in [-0.1, -0.05) is 153 Å². The van der Waals surface area contributed by atoms with Gasteiger partial charge in [0.25, 0.3) is 0 Å². The molecule has 0 aromatic rings. The summed E-state index contributed by atoms with van der Waals surface area (Å²) in [7, 11) is 0. The lowest BCUT2D eigenvalue weighted by Gasteiger charge is -2.10. The molecular formula is C46H82O6. The Labute approximate surface area is 321 Å². The summed E-state index contributed by atoms with van der Waals surface area (Å²) in [6, 6.07) is 0. The molecule has 3 rings (SSSR count). The third-order valence-electron chi connectivity index (χ3n) is 10.4. The molecule has 6 heteroatoms. The first-order valence-corrected chi connectivity index (χ1v) is 22.3. The summed E-state index contributed by atoms with van der Waals surface area (Å²) in [5, 5.41) is 0. The number of esters is 3. The van der Waals surface area contributed by atoms with E-state index in [1.165, 1.54) is 148 Å². The Morgan fingerprint density at radius 2 is 0.673 bits per heavy atom. The monoisotopic (exact) mass is 731 g/mol. The molecule has 0 spiro atoms. The molecule has 0 saturated carbocycles. The van der Waals surface area contributed by atoms with Crippen LogP contribution in [0, 0.1) is 5.92 Å². The normalized spacial score (nSPS) is 23.6. The van der Waals surface area contributed by atoms with Crippen LogP contribution in [0.3, 0.4) is 0 Å². The fourth-order valence-corrected chi connectivity index (χ4v) is 6.81. The van der Waals surface area contributed by atoms with Gasteiger partial charge in [0.15, 0.2) is 0 Å². The first kappa shape index (κ1) is 47.9. The van der Waals surface area contributed by atoms with Crippen molar-refractivity contribution in [3.05, 3.63) is 24.3 Å². The van der Waals surface area contributed by atoms with Crippen molar-refractivity contribution < 1.29 is 28.6 Å². The molecule has 0 radical (unpaired) electrons. The van der Waals surface area contributed by atoms with Gasteiger partial charge in [-0.25, -0.2) is 0 Å². The van der Waals surface area contributed by atoms with Crippen LogP contribution in [-0.4, -0.2) is 37.7 Å². The summed E-state index contributed by atoms with van der Waals surface area (Å²) in [6.45, 7) is 4.03. The molecule has 1 fully saturated rings. The third-order valence-corrected chi connectivity index (χ3v) is 10.4. The van der Waals surface area contributed by atoms with Gasteiger partial charge >= 0.3 is 17.9 Å². The average Bonchev–Trinajstić information content (AvgIpc) is 3.13. The minimum absolute atomic E-state index is 0.00538. The second-order valence-corrected chi connectivity index (χ2v) is 15.5. The molecular weight excluding hydrogens is 649 g/mol. The van der Waals surface area contributed by atoms with Crippen molar-refractivity contribution in [1.82, 2.24) is 0 Å². The Hall–Kier alpha value is -2.11. The summed E-state index contributed by atoms with van der Waals surface area (Å²) < 4.78 is 15.6. The molecule has 302 valence electrons. The predicted octanol–water partition coefficient (Wildman–Crippen LogP) is 13.6. The number of allylic oxidation sites excluding steroid dienone is 3. The smallest absolute Gasteiger partial charge is 0.305 e. The highest BCUT2D eigenvalue weighted by atomic mass is 16.5. The van der Waals surface area contributed by atoms with E-state index in [4.69, 9.17) is 14.2 Å². The average molecular weight is 731 g/mol. The van der Waals surface area contributed by atoms with Crippen LogP contribution in [0.15, 0.2) is 24.3 Å². The molecule has 3 aliphatic rings. The van der Waals surface area contributed by atoms with E-state index in [-0.39, 0.29) is 17.9 Å². The van der Waals surface area contributed by atoms with E-state index in [1.54, 1.807) is 0 Å². The largest absolute Gasteiger partial charge is 0.466 e. The predicted molar refractivity (Wildman–Crippen MR) is 217 cm³/mol. The van der Waals surface area contributed by atoms with Crippen molar-refractivity contribution in [3.8, 4) is 0 Å². The van der Waals surface area contributed by atoms with Gasteiger partial charge in [0.05, 0.1) is 19.8 Å². The van der Waals surface area contributed by atoms with E-state index in [0.29, 0.717) is 45.0 Å². The van der Waals surface area contributed by atoms with Crippen LogP contribution in [0.2, 0.25) is 0 Å². The van der Waals surface area contributed by atoms with Gasteiger partial charge in [0.2, 0.25) is 0 Å². The number of carbonyl (C=O) groups excluding carboxylic acids is 3. The molecule has 3 aliphatic heterocycles. The number of hydrogen-bond donors (Lipinski definition) is 0. The lowest BCUT2D eigenvalue weighted by Crippen LogP contribution is -2.08. The maximum absolute atomic E-state index is 11.4. The van der Waals surface area contributed by atoms with Crippen LogP contribution in [0.1, 0.15) is 225 Å². The highest BCUT2D eigenvalue weighted by molar-refractivity contribution is 5.69. The first-order valence-electron chi connectivity index (χ1n) is 22.3. The summed E-state index contributed by atoms with van der Waals surface area (Å²) in [5.41, 5.74) is 0. The zero-order valence-corrected chi connectivity index (χ0v) is 34.0. The van der Waals surface area contributed by atoms with Crippen LogP contribution in [0.4, 0.5) is 0 Å². The first-order chi connectivity index (χ1) is 25.6. The molecule has 0 bridgehead atoms. The van der Waals surface area contributed by atoms with Gasteiger partial charge in [0, 0.05) is 19.3 Å². The fourth-order valence-electron chi connectivity index (χ4n) is 6.81. The van der Waals surface area contributed by atoms with Gasteiger partial charge in [0.1, 0.15) is 0 Å². The molecule has 52 heavy (non-hydrogen) atoms. The number of ether oxygens (including phenoxy) is 3. The van der Waals surface area contributed by atoms with Gasteiger partial charge < -0.3 is 14.2 Å². The van der Waals surface area contributed by atoms with Crippen molar-refractivity contribution >= 4 is 17.9 Å². The second kappa shape index (κ2) is 38.6. The van der Waals surface area contributed by atoms with E-state index in [2.05, 4.69) is 31.2 Å². The van der Waals surface area contributed by atoms with Gasteiger partial charge in [-0.2, -0.15) is 0 Å². The molecule has 0 aliphatic carbocycles. The standard InChI is InChI=1S/C16H28O2.C15H28O2.C15H26O2/c1-15-11-9-7-5-3-2-4-6-8-10-12-16(17)18-14-13-15;2*16-15-13-11-9-7-5-3-1-2-4-6-8-10-12-14-17-15/h5,7,15H,2-4,6,8-14H2,1H3;1-14H2;8,10H,1-7,9,11-14H2. The fraction of sp³-hybridized carbons (Fsp3) is 0.848. The SMILES string of the molecule is CC1CCC=CCCCCCCCC(=O)OCC1.O=C1CCCCCCCCCCC=CCCO1.O=C1CCCCCCCCCCCCCCO1. The zero-order valence-electron chi connectivity index (χ0n) is 34.0. The summed E-state index contributed by atoms with van der Waals surface area (Å²) in [6.07, 6.45) is 48.9. The molecule has 6 nitrogen and oxygen atoms in total. The van der Waals surface area contributed by atoms with Crippen LogP contribution in [0.25, 0.3) is 0 Å². The van der Waals surface area contributed by atoms with E-state index in [0.717, 1.165) is 51.4 Å². The summed E-state index contributed by atoms with van der Waals surface area (Å²) in [4.78, 5) is 34.1. The Balaban J connectivity index is 0.000000390. The minimum Gasteiger partial charge on any atom is -0.466 e. The van der Waals surface area contributed by atoms with Gasteiger partial charge in [-0.15, -0.1) is 0 Å². The van der Waals surface area contributed by atoms with Crippen molar-refractivity contribution in [3.63, 3.8) is 0 Å². The Kier molecular flexibility index (Phi) is 35.6. The van der Waals surface area contributed by atoms with Crippen LogP contribution < -0.4 is 0 Å². The van der Waals surface area contributed by atoms with Crippen molar-refractivity contribution in [2.24, 2.45) is 5.92 Å². The van der Waals surface area contributed by atoms with Crippen LogP contribution in [0.5, 0.6) is 0 Å². The molecule has 0 amide bonds. The number of rotatable bonds is 0. The molecule has 0 aromatic heterocycles. The molecule has 1 saturated heterocycles. The van der Waals surface area contributed by atoms with E-state index in [9.17, 15) is 14.4 Å². The molecule has 1 atom stereocenters. The number of cyclic esters (lactones) is 3. The second-order valence-electron chi connectivity index (χ2n) is 15.5. The molecule has 3 heterocycles. The Morgan fingerprint density at radius 1 is 0.346 bits per heavy atom. The van der Waals surface area contributed by atoms with Crippen LogP contribution >= 0.6 is 0 Å². The molecule has 0 N–H and O–H groups in total. The quantitative estimate of drug-likeness (QED) is 0.140. The zero-order chi connectivity index (χ0) is 37.4. The lowest BCUT2D eigenvalue weighted by molar-refractivity contribution is -0.145. The van der Waals surface area contributed by atoms with Crippen molar-refractivity contribution in [1.29, 1.82) is 0 Å². The van der Waals surface area contributed by atoms with Gasteiger partial charge in [-0.05, 0) is 83.0 Å². The van der Waals surface area contributed by atoms with Crippen molar-refractivity contribution in [2.45, 2.75) is 225 Å². The van der Waals surface area contributed by atoms with E-state index >= 15 is 0 Å².